The number of benzene rings is 1. The first kappa shape index (κ1) is 15.2. The fourth-order valence-electron chi connectivity index (χ4n) is 2.08. The molecule has 0 aliphatic rings. The second-order valence-corrected chi connectivity index (χ2v) is 5.22. The van der Waals surface area contributed by atoms with Crippen molar-refractivity contribution < 1.29 is 4.79 Å². The van der Waals surface area contributed by atoms with Crippen molar-refractivity contribution in [2.24, 2.45) is 0 Å². The number of nitrogens with zero attached hydrogens (tertiary/aromatic N) is 3. The molecule has 0 fully saturated rings. The average molecular weight is 283 g/mol. The normalized spacial score (nSPS) is 12.0. The lowest BCUT2D eigenvalue weighted by Gasteiger charge is -2.28. The summed E-state index contributed by atoms with van der Waals surface area (Å²) in [5, 5.41) is 0. The van der Waals surface area contributed by atoms with Crippen molar-refractivity contribution in [2.75, 3.05) is 0 Å². The number of hydrogen-bond donors (Lipinski definition) is 0. The molecule has 0 bridgehead atoms. The highest BCUT2D eigenvalue weighted by atomic mass is 16.2. The molecule has 0 saturated carbocycles. The fraction of sp³-hybridized carbons (Fsp3) is 0.353. The molecule has 2 rings (SSSR count). The molecule has 1 heterocycles. The van der Waals surface area contributed by atoms with E-state index in [1.807, 2.05) is 42.2 Å². The molecule has 1 atom stereocenters. The van der Waals surface area contributed by atoms with Crippen LogP contribution in [-0.4, -0.2) is 26.8 Å². The van der Waals surface area contributed by atoms with Crippen molar-refractivity contribution in [3.05, 3.63) is 59.7 Å². The van der Waals surface area contributed by atoms with Crippen molar-refractivity contribution in [3.63, 3.8) is 0 Å². The Morgan fingerprint density at radius 3 is 2.48 bits per heavy atom. The van der Waals surface area contributed by atoms with Gasteiger partial charge in [-0.3, -0.25) is 9.78 Å². The second-order valence-electron chi connectivity index (χ2n) is 5.22. The number of aromatic nitrogens is 2. The third kappa shape index (κ3) is 3.88. The second kappa shape index (κ2) is 6.97. The summed E-state index contributed by atoms with van der Waals surface area (Å²) >= 11 is 0. The Morgan fingerprint density at radius 2 is 1.90 bits per heavy atom. The summed E-state index contributed by atoms with van der Waals surface area (Å²) in [5.74, 6) is -0.0688. The molecular formula is C17H21N3O. The van der Waals surface area contributed by atoms with Crippen molar-refractivity contribution in [2.45, 2.75) is 39.8 Å². The van der Waals surface area contributed by atoms with Gasteiger partial charge in [-0.25, -0.2) is 4.98 Å². The molecule has 0 aliphatic heterocycles. The Hall–Kier alpha value is -2.23. The van der Waals surface area contributed by atoms with Gasteiger partial charge in [0.05, 0.1) is 11.9 Å². The van der Waals surface area contributed by atoms with Gasteiger partial charge in [-0.1, -0.05) is 37.3 Å². The molecule has 0 aliphatic carbocycles. The van der Waals surface area contributed by atoms with Crippen LogP contribution in [-0.2, 0) is 6.54 Å². The topological polar surface area (TPSA) is 46.1 Å². The van der Waals surface area contributed by atoms with Crippen LogP contribution in [0.1, 0.15) is 42.0 Å². The van der Waals surface area contributed by atoms with E-state index in [-0.39, 0.29) is 11.9 Å². The van der Waals surface area contributed by atoms with Crippen molar-refractivity contribution in [3.8, 4) is 0 Å². The van der Waals surface area contributed by atoms with Crippen LogP contribution in [0.2, 0.25) is 0 Å². The summed E-state index contributed by atoms with van der Waals surface area (Å²) in [4.78, 5) is 22.9. The molecular weight excluding hydrogens is 262 g/mol. The molecule has 0 N–H and O–H groups in total. The SMILES string of the molecule is CCC(C)N(Cc1ccccc1)C(=O)c1cnc(C)cn1. The van der Waals surface area contributed by atoms with Gasteiger partial charge < -0.3 is 4.90 Å². The Labute approximate surface area is 125 Å². The van der Waals surface area contributed by atoms with Crippen LogP contribution in [0.3, 0.4) is 0 Å². The largest absolute Gasteiger partial charge is 0.330 e. The minimum atomic E-state index is -0.0688. The van der Waals surface area contributed by atoms with Gasteiger partial charge in [0.25, 0.3) is 5.91 Å². The summed E-state index contributed by atoms with van der Waals surface area (Å²) < 4.78 is 0. The van der Waals surface area contributed by atoms with Gasteiger partial charge in [-0.15, -0.1) is 0 Å². The van der Waals surface area contributed by atoms with Crippen LogP contribution in [0.5, 0.6) is 0 Å². The third-order valence-electron chi connectivity index (χ3n) is 3.58. The zero-order valence-electron chi connectivity index (χ0n) is 12.8. The van der Waals surface area contributed by atoms with Crippen molar-refractivity contribution in [1.82, 2.24) is 14.9 Å². The van der Waals surface area contributed by atoms with Crippen LogP contribution < -0.4 is 0 Å². The molecule has 110 valence electrons. The Morgan fingerprint density at radius 1 is 1.19 bits per heavy atom. The van der Waals surface area contributed by atoms with Crippen LogP contribution in [0.4, 0.5) is 0 Å². The van der Waals surface area contributed by atoms with Crippen LogP contribution >= 0.6 is 0 Å². The summed E-state index contributed by atoms with van der Waals surface area (Å²) in [6.45, 7) is 6.58. The standard InChI is InChI=1S/C17H21N3O/c1-4-14(3)20(12-15-8-6-5-7-9-15)17(21)16-11-18-13(2)10-19-16/h5-11,14H,4,12H2,1-3H3. The zero-order chi connectivity index (χ0) is 15.2. The molecule has 1 amide bonds. The summed E-state index contributed by atoms with van der Waals surface area (Å²) in [6.07, 6.45) is 4.08. The van der Waals surface area contributed by atoms with E-state index in [0.29, 0.717) is 12.2 Å². The smallest absolute Gasteiger partial charge is 0.274 e. The predicted molar refractivity (Wildman–Crippen MR) is 82.8 cm³/mol. The van der Waals surface area contributed by atoms with Crippen LogP contribution in [0.25, 0.3) is 0 Å². The number of carbonyl (C=O) groups excluding carboxylic acids is 1. The zero-order valence-corrected chi connectivity index (χ0v) is 12.8. The monoisotopic (exact) mass is 283 g/mol. The summed E-state index contributed by atoms with van der Waals surface area (Å²) in [7, 11) is 0. The van der Waals surface area contributed by atoms with Gasteiger partial charge in [0.1, 0.15) is 5.69 Å². The van der Waals surface area contributed by atoms with Gasteiger partial charge in [0, 0.05) is 18.8 Å². The molecule has 0 spiro atoms. The first-order chi connectivity index (χ1) is 10.1. The van der Waals surface area contributed by atoms with Crippen LogP contribution in [0, 0.1) is 6.92 Å². The number of amides is 1. The molecule has 1 unspecified atom stereocenters. The van der Waals surface area contributed by atoms with E-state index >= 15 is 0 Å². The number of hydrogen-bond acceptors (Lipinski definition) is 3. The Kier molecular flexibility index (Phi) is 5.04. The maximum atomic E-state index is 12.7. The Bertz CT molecular complexity index is 581. The highest BCUT2D eigenvalue weighted by Gasteiger charge is 2.22. The minimum absolute atomic E-state index is 0.0688. The number of rotatable bonds is 5. The number of carbonyl (C=O) groups is 1. The van der Waals surface area contributed by atoms with Gasteiger partial charge >= 0.3 is 0 Å². The van der Waals surface area contributed by atoms with Gasteiger partial charge in [-0.05, 0) is 25.8 Å². The lowest BCUT2D eigenvalue weighted by molar-refractivity contribution is 0.0665. The lowest BCUT2D eigenvalue weighted by atomic mass is 10.1. The van der Waals surface area contributed by atoms with Crippen molar-refractivity contribution in [1.29, 1.82) is 0 Å². The summed E-state index contributed by atoms with van der Waals surface area (Å²) in [5.41, 5.74) is 2.33. The lowest BCUT2D eigenvalue weighted by Crippen LogP contribution is -2.38. The highest BCUT2D eigenvalue weighted by molar-refractivity contribution is 5.92. The fourth-order valence-corrected chi connectivity index (χ4v) is 2.08. The van der Waals surface area contributed by atoms with Gasteiger partial charge in [-0.2, -0.15) is 0 Å². The molecule has 2 aromatic rings. The molecule has 1 aromatic carbocycles. The van der Waals surface area contributed by atoms with Crippen LogP contribution in [0.15, 0.2) is 42.7 Å². The Balaban J connectivity index is 2.23. The first-order valence-electron chi connectivity index (χ1n) is 7.25. The van der Waals surface area contributed by atoms with E-state index in [9.17, 15) is 4.79 Å². The molecule has 0 saturated heterocycles. The minimum Gasteiger partial charge on any atom is -0.330 e. The van der Waals surface area contributed by atoms with Crippen molar-refractivity contribution >= 4 is 5.91 Å². The highest BCUT2D eigenvalue weighted by Crippen LogP contribution is 2.14. The molecule has 4 heteroatoms. The maximum Gasteiger partial charge on any atom is 0.274 e. The first-order valence-corrected chi connectivity index (χ1v) is 7.25. The van der Waals surface area contributed by atoms with E-state index < -0.39 is 0 Å². The molecule has 4 nitrogen and oxygen atoms in total. The molecule has 0 radical (unpaired) electrons. The van der Waals surface area contributed by atoms with E-state index in [1.165, 1.54) is 0 Å². The van der Waals surface area contributed by atoms with Gasteiger partial charge in [0.15, 0.2) is 0 Å². The van der Waals surface area contributed by atoms with E-state index in [2.05, 4.69) is 23.8 Å². The van der Waals surface area contributed by atoms with E-state index in [0.717, 1.165) is 17.7 Å². The maximum absolute atomic E-state index is 12.7. The van der Waals surface area contributed by atoms with E-state index in [4.69, 9.17) is 0 Å². The predicted octanol–water partition coefficient (Wildman–Crippen LogP) is 3.23. The number of aryl methyl sites for hydroxylation is 1. The quantitative estimate of drug-likeness (QED) is 0.846. The molecule has 21 heavy (non-hydrogen) atoms. The van der Waals surface area contributed by atoms with Gasteiger partial charge in [0.2, 0.25) is 0 Å². The van der Waals surface area contributed by atoms with E-state index in [1.54, 1.807) is 12.4 Å². The third-order valence-corrected chi connectivity index (χ3v) is 3.58. The summed E-state index contributed by atoms with van der Waals surface area (Å²) in [6, 6.07) is 10.2. The molecule has 1 aromatic heterocycles. The average Bonchev–Trinajstić information content (AvgIpc) is 2.53.